The second-order valence-corrected chi connectivity index (χ2v) is 7.26. The highest BCUT2D eigenvalue weighted by Gasteiger charge is 2.24. The van der Waals surface area contributed by atoms with Gasteiger partial charge in [0.05, 0.1) is 28.5 Å². The van der Waals surface area contributed by atoms with Crippen molar-refractivity contribution in [2.75, 3.05) is 16.8 Å². The summed E-state index contributed by atoms with van der Waals surface area (Å²) in [7, 11) is -2.86. The number of rotatable bonds is 2. The third-order valence-electron chi connectivity index (χ3n) is 3.35. The van der Waals surface area contributed by atoms with Crippen molar-refractivity contribution < 1.29 is 8.42 Å². The molecule has 1 aromatic heterocycles. The van der Waals surface area contributed by atoms with E-state index in [1.54, 1.807) is 0 Å². The smallest absolute Gasteiger partial charge is 0.150 e. The lowest BCUT2D eigenvalue weighted by Crippen LogP contribution is -2.32. The van der Waals surface area contributed by atoms with Crippen molar-refractivity contribution >= 4 is 15.5 Å². The van der Waals surface area contributed by atoms with Crippen molar-refractivity contribution in [2.45, 2.75) is 32.7 Å². The first-order chi connectivity index (χ1) is 8.91. The van der Waals surface area contributed by atoms with Crippen LogP contribution in [0.4, 0.5) is 5.69 Å². The molecule has 1 aromatic rings. The second kappa shape index (κ2) is 5.17. The molecule has 102 valence electrons. The molecule has 0 spiro atoms. The third kappa shape index (κ3) is 3.24. The Balaban J connectivity index is 2.19. The van der Waals surface area contributed by atoms with Crippen molar-refractivity contribution in [3.63, 3.8) is 0 Å². The van der Waals surface area contributed by atoms with Crippen LogP contribution in [-0.2, 0) is 9.84 Å². The van der Waals surface area contributed by atoms with Gasteiger partial charge >= 0.3 is 0 Å². The number of nitrogens with one attached hydrogen (secondary N) is 1. The number of aryl methyl sites for hydroxylation is 2. The molecule has 2 heterocycles. The van der Waals surface area contributed by atoms with Crippen LogP contribution >= 0.6 is 0 Å². The van der Waals surface area contributed by atoms with E-state index in [-0.39, 0.29) is 17.5 Å². The van der Waals surface area contributed by atoms with Crippen LogP contribution in [0, 0.1) is 25.2 Å². The molecule has 0 aliphatic carbocycles. The van der Waals surface area contributed by atoms with Crippen LogP contribution in [0.2, 0.25) is 0 Å². The van der Waals surface area contributed by atoms with Gasteiger partial charge in [0.1, 0.15) is 15.9 Å². The van der Waals surface area contributed by atoms with Crippen LogP contribution in [0.5, 0.6) is 0 Å². The fourth-order valence-corrected chi connectivity index (χ4v) is 3.83. The summed E-state index contributed by atoms with van der Waals surface area (Å²) in [5.41, 5.74) is 2.85. The number of hydrogen-bond donors (Lipinski definition) is 1. The fraction of sp³-hybridized carbons (Fsp3) is 0.538. The molecule has 0 saturated carbocycles. The minimum Gasteiger partial charge on any atom is -0.381 e. The highest BCUT2D eigenvalue weighted by atomic mass is 32.2. The van der Waals surface area contributed by atoms with Gasteiger partial charge in [-0.1, -0.05) is 0 Å². The van der Waals surface area contributed by atoms with Gasteiger partial charge in [-0.15, -0.1) is 0 Å². The maximum atomic E-state index is 11.4. The summed E-state index contributed by atoms with van der Waals surface area (Å²) < 4.78 is 22.8. The van der Waals surface area contributed by atoms with E-state index < -0.39 is 9.84 Å². The normalized spacial score (nSPS) is 18.8. The van der Waals surface area contributed by atoms with Crippen molar-refractivity contribution in [3.05, 3.63) is 23.0 Å². The first-order valence-electron chi connectivity index (χ1n) is 6.26. The molecule has 0 amide bonds. The molecule has 0 radical (unpaired) electrons. The average Bonchev–Trinajstić information content (AvgIpc) is 2.31. The van der Waals surface area contributed by atoms with Gasteiger partial charge in [0.15, 0.2) is 0 Å². The molecule has 1 N–H and O–H groups in total. The van der Waals surface area contributed by atoms with E-state index in [9.17, 15) is 13.7 Å². The van der Waals surface area contributed by atoms with Gasteiger partial charge < -0.3 is 5.32 Å². The molecule has 1 saturated heterocycles. The van der Waals surface area contributed by atoms with Gasteiger partial charge in [0, 0.05) is 11.7 Å². The Labute approximate surface area is 113 Å². The average molecular weight is 279 g/mol. The molecule has 6 heteroatoms. The van der Waals surface area contributed by atoms with Crippen LogP contribution in [0.25, 0.3) is 0 Å². The Hall–Kier alpha value is -1.61. The van der Waals surface area contributed by atoms with E-state index in [1.807, 2.05) is 19.9 Å². The minimum absolute atomic E-state index is 0.108. The number of pyridine rings is 1. The summed E-state index contributed by atoms with van der Waals surface area (Å²) in [5.74, 6) is 0.436. The summed E-state index contributed by atoms with van der Waals surface area (Å²) >= 11 is 0. The Morgan fingerprint density at radius 2 is 2.00 bits per heavy atom. The van der Waals surface area contributed by atoms with Gasteiger partial charge in [-0.05, 0) is 32.8 Å². The van der Waals surface area contributed by atoms with E-state index in [1.165, 1.54) is 0 Å². The first kappa shape index (κ1) is 13.8. The second-order valence-electron chi connectivity index (χ2n) is 4.95. The lowest BCUT2D eigenvalue weighted by molar-refractivity contribution is 0.559. The van der Waals surface area contributed by atoms with E-state index >= 15 is 0 Å². The Kier molecular flexibility index (Phi) is 3.76. The zero-order valence-electron chi connectivity index (χ0n) is 11.1. The summed E-state index contributed by atoms with van der Waals surface area (Å²) in [5, 5.41) is 12.5. The molecular weight excluding hydrogens is 262 g/mol. The molecule has 5 nitrogen and oxygen atoms in total. The molecule has 0 bridgehead atoms. The van der Waals surface area contributed by atoms with Crippen molar-refractivity contribution in [1.82, 2.24) is 4.98 Å². The highest BCUT2D eigenvalue weighted by Crippen LogP contribution is 2.23. The molecular formula is C13H17N3O2S. The molecule has 1 aliphatic rings. The lowest BCUT2D eigenvalue weighted by atomic mass is 10.1. The number of nitriles is 1. The number of anilines is 1. The SMILES string of the molecule is Cc1cc(NC2CCS(=O)(=O)CC2)c(C#N)c(C)n1. The topological polar surface area (TPSA) is 82.9 Å². The van der Waals surface area contributed by atoms with Crippen molar-refractivity contribution in [1.29, 1.82) is 5.26 Å². The van der Waals surface area contributed by atoms with Crippen LogP contribution in [-0.4, -0.2) is 30.9 Å². The van der Waals surface area contributed by atoms with Crippen molar-refractivity contribution in [3.8, 4) is 6.07 Å². The maximum absolute atomic E-state index is 11.4. The predicted octanol–water partition coefficient (Wildman–Crippen LogP) is 1.56. The largest absolute Gasteiger partial charge is 0.381 e. The Morgan fingerprint density at radius 3 is 2.58 bits per heavy atom. The molecule has 0 aromatic carbocycles. The van der Waals surface area contributed by atoms with Gasteiger partial charge in [-0.3, -0.25) is 4.98 Å². The van der Waals surface area contributed by atoms with Gasteiger partial charge in [0.25, 0.3) is 0 Å². The van der Waals surface area contributed by atoms with E-state index in [4.69, 9.17) is 0 Å². The van der Waals surface area contributed by atoms with Crippen LogP contribution in [0.15, 0.2) is 6.07 Å². The molecule has 0 atom stereocenters. The molecule has 2 rings (SSSR count). The molecule has 19 heavy (non-hydrogen) atoms. The maximum Gasteiger partial charge on any atom is 0.150 e. The first-order valence-corrected chi connectivity index (χ1v) is 8.09. The van der Waals surface area contributed by atoms with Gasteiger partial charge in [0.2, 0.25) is 0 Å². The summed E-state index contributed by atoms with van der Waals surface area (Å²) in [6.07, 6.45) is 1.18. The minimum atomic E-state index is -2.86. The highest BCUT2D eigenvalue weighted by molar-refractivity contribution is 7.91. The molecule has 1 fully saturated rings. The third-order valence-corrected chi connectivity index (χ3v) is 5.07. The molecule has 0 unspecified atom stereocenters. The lowest BCUT2D eigenvalue weighted by Gasteiger charge is -2.24. The quantitative estimate of drug-likeness (QED) is 0.888. The monoisotopic (exact) mass is 279 g/mol. The zero-order valence-corrected chi connectivity index (χ0v) is 11.9. The van der Waals surface area contributed by atoms with Gasteiger partial charge in [-0.25, -0.2) is 8.42 Å². The number of hydrogen-bond acceptors (Lipinski definition) is 5. The van der Waals surface area contributed by atoms with Crippen LogP contribution in [0.1, 0.15) is 29.8 Å². The molecule has 1 aliphatic heterocycles. The standard InChI is InChI=1S/C13H17N3O2S/c1-9-7-13(12(8-14)10(2)15-9)16-11-3-5-19(17,18)6-4-11/h7,11H,3-6H2,1-2H3,(H,15,16). The predicted molar refractivity (Wildman–Crippen MR) is 73.7 cm³/mol. The van der Waals surface area contributed by atoms with E-state index in [2.05, 4.69) is 16.4 Å². The summed E-state index contributed by atoms with van der Waals surface area (Å²) in [4.78, 5) is 4.26. The number of sulfone groups is 1. The van der Waals surface area contributed by atoms with E-state index in [0.29, 0.717) is 24.1 Å². The fourth-order valence-electron chi connectivity index (χ4n) is 2.34. The Morgan fingerprint density at radius 1 is 1.37 bits per heavy atom. The van der Waals surface area contributed by atoms with Crippen molar-refractivity contribution in [2.24, 2.45) is 0 Å². The summed E-state index contributed by atoms with van der Waals surface area (Å²) in [6, 6.07) is 4.10. The number of nitrogens with zero attached hydrogens (tertiary/aromatic N) is 2. The van der Waals surface area contributed by atoms with E-state index in [0.717, 1.165) is 11.4 Å². The summed E-state index contributed by atoms with van der Waals surface area (Å²) in [6.45, 7) is 3.69. The Bertz CT molecular complexity index is 618. The van der Waals surface area contributed by atoms with Gasteiger partial charge in [-0.2, -0.15) is 5.26 Å². The number of aromatic nitrogens is 1. The zero-order chi connectivity index (χ0) is 14.0. The van der Waals surface area contributed by atoms with Crippen LogP contribution < -0.4 is 5.32 Å². The van der Waals surface area contributed by atoms with Crippen LogP contribution in [0.3, 0.4) is 0 Å².